The maximum Gasteiger partial charge on any atom is 0.279 e. The summed E-state index contributed by atoms with van der Waals surface area (Å²) in [5.41, 5.74) is 0. The lowest BCUT2D eigenvalue weighted by Gasteiger charge is -2.38. The first-order chi connectivity index (χ1) is 7.88. The van der Waals surface area contributed by atoms with Gasteiger partial charge in [-0.25, -0.2) is 0 Å². The molecule has 102 valence electrons. The van der Waals surface area contributed by atoms with Crippen molar-refractivity contribution in [2.75, 3.05) is 13.6 Å². The van der Waals surface area contributed by atoms with Gasteiger partial charge >= 0.3 is 0 Å². The van der Waals surface area contributed by atoms with E-state index in [0.29, 0.717) is 6.54 Å². The summed E-state index contributed by atoms with van der Waals surface area (Å²) in [7, 11) is -1.47. The Kier molecular flexibility index (Phi) is 5.37. The smallest absolute Gasteiger partial charge is 0.279 e. The molecule has 0 aromatic heterocycles. The lowest BCUT2D eigenvalue weighted by Crippen LogP contribution is -2.56. The summed E-state index contributed by atoms with van der Waals surface area (Å²) in [6, 6.07) is 0.177. The molecule has 1 aliphatic heterocycles. The van der Waals surface area contributed by atoms with E-state index in [-0.39, 0.29) is 18.1 Å². The fraction of sp³-hybridized carbons (Fsp3) is 1.00. The predicted molar refractivity (Wildman–Crippen MR) is 70.1 cm³/mol. The van der Waals surface area contributed by atoms with Crippen LogP contribution in [0.4, 0.5) is 0 Å². The molecular weight excluding hydrogens is 238 g/mol. The van der Waals surface area contributed by atoms with Gasteiger partial charge in [0.25, 0.3) is 10.2 Å². The van der Waals surface area contributed by atoms with E-state index < -0.39 is 10.2 Å². The highest BCUT2D eigenvalue weighted by molar-refractivity contribution is 7.87. The topological polar surface area (TPSA) is 61.4 Å². The summed E-state index contributed by atoms with van der Waals surface area (Å²) < 4.78 is 28.7. The molecule has 0 saturated carbocycles. The molecule has 17 heavy (non-hydrogen) atoms. The van der Waals surface area contributed by atoms with Crippen LogP contribution in [-0.2, 0) is 10.2 Å². The molecule has 0 amide bonds. The van der Waals surface area contributed by atoms with Gasteiger partial charge in [-0.05, 0) is 40.7 Å². The Morgan fingerprint density at radius 2 is 1.88 bits per heavy atom. The summed E-state index contributed by atoms with van der Waals surface area (Å²) in [5.74, 6) is 0. The van der Waals surface area contributed by atoms with Crippen LogP contribution < -0.4 is 10.0 Å². The third-order valence-electron chi connectivity index (χ3n) is 3.22. The second-order valence-electron chi connectivity index (χ2n) is 5.03. The molecule has 1 heterocycles. The molecule has 1 aliphatic rings. The number of rotatable bonds is 5. The van der Waals surface area contributed by atoms with E-state index in [0.717, 1.165) is 19.3 Å². The van der Waals surface area contributed by atoms with Crippen molar-refractivity contribution in [3.8, 4) is 0 Å². The number of nitrogens with zero attached hydrogens (tertiary/aromatic N) is 1. The molecule has 0 spiro atoms. The van der Waals surface area contributed by atoms with Crippen LogP contribution in [0.15, 0.2) is 0 Å². The molecule has 2 N–H and O–H groups in total. The van der Waals surface area contributed by atoms with Crippen molar-refractivity contribution in [1.82, 2.24) is 14.3 Å². The molecule has 2 unspecified atom stereocenters. The molecule has 0 bridgehead atoms. The van der Waals surface area contributed by atoms with E-state index >= 15 is 0 Å². The molecule has 5 nitrogen and oxygen atoms in total. The van der Waals surface area contributed by atoms with Crippen molar-refractivity contribution >= 4 is 10.2 Å². The van der Waals surface area contributed by atoms with Crippen LogP contribution in [-0.4, -0.2) is 44.4 Å². The minimum Gasteiger partial charge on any atom is -0.316 e. The van der Waals surface area contributed by atoms with E-state index in [2.05, 4.69) is 10.0 Å². The molecule has 1 saturated heterocycles. The molecule has 0 aliphatic carbocycles. The number of piperidine rings is 1. The third-order valence-corrected chi connectivity index (χ3v) is 5.06. The monoisotopic (exact) mass is 263 g/mol. The summed E-state index contributed by atoms with van der Waals surface area (Å²) in [5, 5.41) is 3.16. The van der Waals surface area contributed by atoms with Gasteiger partial charge in [-0.1, -0.05) is 6.42 Å². The minimum absolute atomic E-state index is 0.0602. The molecule has 1 fully saturated rings. The van der Waals surface area contributed by atoms with Gasteiger partial charge in [0.05, 0.1) is 0 Å². The quantitative estimate of drug-likeness (QED) is 0.767. The Morgan fingerprint density at radius 3 is 2.41 bits per heavy atom. The van der Waals surface area contributed by atoms with Gasteiger partial charge in [0, 0.05) is 24.7 Å². The van der Waals surface area contributed by atoms with Crippen LogP contribution in [0.5, 0.6) is 0 Å². The van der Waals surface area contributed by atoms with Gasteiger partial charge in [0.15, 0.2) is 0 Å². The molecule has 0 aromatic rings. The van der Waals surface area contributed by atoms with E-state index in [1.54, 1.807) is 4.31 Å². The van der Waals surface area contributed by atoms with Gasteiger partial charge in [0.2, 0.25) is 0 Å². The second kappa shape index (κ2) is 6.13. The van der Waals surface area contributed by atoms with E-state index in [4.69, 9.17) is 0 Å². The first-order valence-electron chi connectivity index (χ1n) is 6.35. The van der Waals surface area contributed by atoms with Gasteiger partial charge in [0.1, 0.15) is 0 Å². The van der Waals surface area contributed by atoms with Crippen molar-refractivity contribution < 1.29 is 8.42 Å². The van der Waals surface area contributed by atoms with Crippen molar-refractivity contribution in [3.05, 3.63) is 0 Å². The predicted octanol–water partition coefficient (Wildman–Crippen LogP) is 0.692. The highest BCUT2D eigenvalue weighted by atomic mass is 32.2. The van der Waals surface area contributed by atoms with Gasteiger partial charge < -0.3 is 5.32 Å². The molecule has 0 aromatic carbocycles. The summed E-state index contributed by atoms with van der Waals surface area (Å²) in [6.45, 7) is 6.35. The Bertz CT molecular complexity index is 330. The molecule has 0 radical (unpaired) electrons. The van der Waals surface area contributed by atoms with Gasteiger partial charge in [-0.3, -0.25) is 0 Å². The van der Waals surface area contributed by atoms with Crippen LogP contribution in [0.3, 0.4) is 0 Å². The van der Waals surface area contributed by atoms with Gasteiger partial charge in [-0.2, -0.15) is 17.4 Å². The lowest BCUT2D eigenvalue weighted by molar-refractivity contribution is 0.210. The van der Waals surface area contributed by atoms with Crippen molar-refractivity contribution in [2.45, 2.75) is 58.2 Å². The fourth-order valence-electron chi connectivity index (χ4n) is 2.29. The Morgan fingerprint density at radius 1 is 1.24 bits per heavy atom. The average molecular weight is 263 g/mol. The first kappa shape index (κ1) is 14.9. The number of nitrogens with one attached hydrogen (secondary N) is 2. The molecule has 1 rings (SSSR count). The standard InChI is InChI=1S/C11H25N3O2S/c1-9(2)13-17(15,16)14-8-6-5-7-11(14)10(3)12-4/h9-13H,5-8H2,1-4H3. The van der Waals surface area contributed by atoms with E-state index in [1.165, 1.54) is 0 Å². The molecule has 6 heteroatoms. The average Bonchev–Trinajstić information content (AvgIpc) is 2.26. The van der Waals surface area contributed by atoms with Crippen LogP contribution in [0.1, 0.15) is 40.0 Å². The zero-order chi connectivity index (χ0) is 13.1. The minimum atomic E-state index is -3.34. The Labute approximate surface area is 105 Å². The summed E-state index contributed by atoms with van der Waals surface area (Å²) in [4.78, 5) is 0. The first-order valence-corrected chi connectivity index (χ1v) is 7.79. The van der Waals surface area contributed by atoms with Crippen molar-refractivity contribution in [1.29, 1.82) is 0 Å². The van der Waals surface area contributed by atoms with Gasteiger partial charge in [-0.15, -0.1) is 0 Å². The Balaban J connectivity index is 2.84. The Hall–Kier alpha value is -0.170. The van der Waals surface area contributed by atoms with Crippen LogP contribution in [0.2, 0.25) is 0 Å². The SMILES string of the molecule is CNC(C)C1CCCCN1S(=O)(=O)NC(C)C. The highest BCUT2D eigenvalue weighted by Crippen LogP contribution is 2.22. The third kappa shape index (κ3) is 3.91. The normalized spacial score (nSPS) is 25.1. The second-order valence-corrected chi connectivity index (χ2v) is 6.68. The van der Waals surface area contributed by atoms with Crippen molar-refractivity contribution in [2.24, 2.45) is 0 Å². The largest absolute Gasteiger partial charge is 0.316 e. The highest BCUT2D eigenvalue weighted by Gasteiger charge is 2.35. The zero-order valence-electron chi connectivity index (χ0n) is 11.2. The maximum absolute atomic E-state index is 12.2. The number of hydrogen-bond acceptors (Lipinski definition) is 3. The van der Waals surface area contributed by atoms with Crippen LogP contribution >= 0.6 is 0 Å². The lowest BCUT2D eigenvalue weighted by atomic mass is 9.99. The summed E-state index contributed by atoms with van der Waals surface area (Å²) >= 11 is 0. The van der Waals surface area contributed by atoms with Crippen molar-refractivity contribution in [3.63, 3.8) is 0 Å². The molecule has 2 atom stereocenters. The zero-order valence-corrected chi connectivity index (χ0v) is 12.0. The molecular formula is C11H25N3O2S. The number of likely N-dealkylation sites (N-methyl/N-ethyl adjacent to an activating group) is 1. The van der Waals surface area contributed by atoms with Crippen LogP contribution in [0, 0.1) is 0 Å². The summed E-state index contributed by atoms with van der Waals surface area (Å²) in [6.07, 6.45) is 2.98. The van der Waals surface area contributed by atoms with E-state index in [1.807, 2.05) is 27.8 Å². The maximum atomic E-state index is 12.2. The van der Waals surface area contributed by atoms with Crippen LogP contribution in [0.25, 0.3) is 0 Å². The number of hydrogen-bond donors (Lipinski definition) is 2. The van der Waals surface area contributed by atoms with E-state index in [9.17, 15) is 8.42 Å². The fourth-order valence-corrected chi connectivity index (χ4v) is 4.03.